The van der Waals surface area contributed by atoms with Crippen LogP contribution in [0.5, 0.6) is 0 Å². The summed E-state index contributed by atoms with van der Waals surface area (Å²) in [5.74, 6) is -0.154. The minimum atomic E-state index is -0.459. The van der Waals surface area contributed by atoms with Crippen LogP contribution in [0.4, 0.5) is 0 Å². The largest absolute Gasteiger partial charge is 0.343 e. The predicted molar refractivity (Wildman–Crippen MR) is 73.4 cm³/mol. The molecule has 1 N–H and O–H groups in total. The van der Waals surface area contributed by atoms with E-state index < -0.39 is 12.1 Å². The number of carbonyl (C=O) groups is 2. The minimum Gasteiger partial charge on any atom is -0.343 e. The summed E-state index contributed by atoms with van der Waals surface area (Å²) in [5.41, 5.74) is 1.04. The number of amides is 2. The van der Waals surface area contributed by atoms with Gasteiger partial charge in [-0.15, -0.1) is 6.58 Å². The van der Waals surface area contributed by atoms with Crippen molar-refractivity contribution in [2.75, 3.05) is 6.54 Å². The zero-order valence-electron chi connectivity index (χ0n) is 11.0. The molecule has 0 aromatic heterocycles. The van der Waals surface area contributed by atoms with Gasteiger partial charge in [-0.3, -0.25) is 9.59 Å². The maximum absolute atomic E-state index is 12.1. The average molecular weight is 258 g/mol. The van der Waals surface area contributed by atoms with Gasteiger partial charge in [-0.2, -0.15) is 0 Å². The Morgan fingerprint density at radius 1 is 1.32 bits per heavy atom. The van der Waals surface area contributed by atoms with E-state index in [9.17, 15) is 9.59 Å². The van der Waals surface area contributed by atoms with Crippen molar-refractivity contribution in [1.29, 1.82) is 0 Å². The molecule has 2 amide bonds. The number of benzene rings is 1. The van der Waals surface area contributed by atoms with Crippen LogP contribution in [0, 0.1) is 0 Å². The van der Waals surface area contributed by atoms with Gasteiger partial charge in [0.15, 0.2) is 0 Å². The summed E-state index contributed by atoms with van der Waals surface area (Å²) in [6.07, 6.45) is 2.18. The number of hydrogen-bond acceptors (Lipinski definition) is 2. The Kier molecular flexibility index (Phi) is 4.00. The van der Waals surface area contributed by atoms with Gasteiger partial charge in [0.2, 0.25) is 11.8 Å². The summed E-state index contributed by atoms with van der Waals surface area (Å²) >= 11 is 0. The first kappa shape index (κ1) is 13.3. The van der Waals surface area contributed by atoms with Crippen molar-refractivity contribution >= 4 is 11.8 Å². The van der Waals surface area contributed by atoms with Crippen LogP contribution in [0.3, 0.4) is 0 Å². The highest BCUT2D eigenvalue weighted by Crippen LogP contribution is 2.15. The molecular weight excluding hydrogens is 240 g/mol. The quantitative estimate of drug-likeness (QED) is 0.823. The Bertz CT molecular complexity index is 484. The molecule has 100 valence electrons. The van der Waals surface area contributed by atoms with E-state index in [-0.39, 0.29) is 11.8 Å². The second kappa shape index (κ2) is 5.69. The Hall–Kier alpha value is -2.10. The van der Waals surface area contributed by atoms with Gasteiger partial charge in [-0.25, -0.2) is 0 Å². The fourth-order valence-electron chi connectivity index (χ4n) is 2.31. The monoisotopic (exact) mass is 258 g/mol. The van der Waals surface area contributed by atoms with Crippen molar-refractivity contribution < 1.29 is 9.59 Å². The Balaban J connectivity index is 2.21. The highest BCUT2D eigenvalue weighted by Gasteiger charge is 2.37. The van der Waals surface area contributed by atoms with Gasteiger partial charge < -0.3 is 10.2 Å². The predicted octanol–water partition coefficient (Wildman–Crippen LogP) is 1.13. The van der Waals surface area contributed by atoms with Crippen LogP contribution in [0.1, 0.15) is 12.5 Å². The second-order valence-corrected chi connectivity index (χ2v) is 4.72. The lowest BCUT2D eigenvalue weighted by Crippen LogP contribution is -2.63. The first-order chi connectivity index (χ1) is 9.13. The molecule has 2 rings (SSSR count). The summed E-state index contributed by atoms with van der Waals surface area (Å²) in [4.78, 5) is 25.8. The van der Waals surface area contributed by atoms with Gasteiger partial charge in [0.25, 0.3) is 0 Å². The molecule has 1 heterocycles. The summed E-state index contributed by atoms with van der Waals surface area (Å²) in [6, 6.07) is 8.79. The van der Waals surface area contributed by atoms with Gasteiger partial charge >= 0.3 is 0 Å². The van der Waals surface area contributed by atoms with Crippen LogP contribution in [0.2, 0.25) is 0 Å². The topological polar surface area (TPSA) is 49.4 Å². The van der Waals surface area contributed by atoms with Crippen LogP contribution in [-0.4, -0.2) is 35.3 Å². The van der Waals surface area contributed by atoms with Crippen molar-refractivity contribution in [3.63, 3.8) is 0 Å². The average Bonchev–Trinajstić information content (AvgIpc) is 2.41. The van der Waals surface area contributed by atoms with E-state index in [0.717, 1.165) is 5.56 Å². The number of nitrogens with one attached hydrogen (secondary N) is 1. The third-order valence-electron chi connectivity index (χ3n) is 3.29. The number of hydrogen-bond donors (Lipinski definition) is 1. The molecule has 1 saturated heterocycles. The molecule has 1 fully saturated rings. The number of carbonyl (C=O) groups excluding carboxylic acids is 2. The molecule has 1 aromatic rings. The van der Waals surface area contributed by atoms with Crippen molar-refractivity contribution in [2.45, 2.75) is 25.4 Å². The highest BCUT2D eigenvalue weighted by atomic mass is 16.2. The molecule has 4 nitrogen and oxygen atoms in total. The number of rotatable bonds is 4. The van der Waals surface area contributed by atoms with E-state index in [0.29, 0.717) is 13.0 Å². The molecule has 2 atom stereocenters. The van der Waals surface area contributed by atoms with Crippen molar-refractivity contribution in [1.82, 2.24) is 10.2 Å². The molecule has 1 aliphatic heterocycles. The second-order valence-electron chi connectivity index (χ2n) is 4.72. The van der Waals surface area contributed by atoms with E-state index in [1.807, 2.05) is 30.3 Å². The fourth-order valence-corrected chi connectivity index (χ4v) is 2.31. The number of nitrogens with zero attached hydrogens (tertiary/aromatic N) is 1. The lowest BCUT2D eigenvalue weighted by molar-refractivity contribution is -0.148. The zero-order chi connectivity index (χ0) is 13.8. The van der Waals surface area contributed by atoms with Crippen LogP contribution in [0.25, 0.3) is 0 Å². The lowest BCUT2D eigenvalue weighted by Gasteiger charge is -2.37. The minimum absolute atomic E-state index is 0.0552. The van der Waals surface area contributed by atoms with Crippen molar-refractivity contribution in [3.05, 3.63) is 48.6 Å². The first-order valence-electron chi connectivity index (χ1n) is 6.39. The molecule has 0 saturated carbocycles. The third-order valence-corrected chi connectivity index (χ3v) is 3.29. The standard InChI is InChI=1S/C15H18N2O2/c1-3-9-17-13(10-12-7-5-4-6-8-12)14(18)16-11(2)15(17)19/h3-8,11,13H,1,9-10H2,2H3,(H,16,18). The molecule has 0 aliphatic carbocycles. The maximum Gasteiger partial charge on any atom is 0.245 e. The first-order valence-corrected chi connectivity index (χ1v) is 6.39. The molecule has 19 heavy (non-hydrogen) atoms. The molecular formula is C15H18N2O2. The zero-order valence-corrected chi connectivity index (χ0v) is 11.0. The van der Waals surface area contributed by atoms with Gasteiger partial charge in [-0.05, 0) is 12.5 Å². The maximum atomic E-state index is 12.1. The highest BCUT2D eigenvalue weighted by molar-refractivity contribution is 5.97. The van der Waals surface area contributed by atoms with Crippen molar-refractivity contribution in [2.24, 2.45) is 0 Å². The number of piperazine rings is 1. The summed E-state index contributed by atoms with van der Waals surface area (Å²) in [5, 5.41) is 2.72. The van der Waals surface area contributed by atoms with Gasteiger partial charge in [-0.1, -0.05) is 36.4 Å². The van der Waals surface area contributed by atoms with Crippen LogP contribution >= 0.6 is 0 Å². The van der Waals surface area contributed by atoms with Crippen LogP contribution in [0.15, 0.2) is 43.0 Å². The van der Waals surface area contributed by atoms with E-state index in [1.165, 1.54) is 0 Å². The summed E-state index contributed by atoms with van der Waals surface area (Å²) in [7, 11) is 0. The van der Waals surface area contributed by atoms with Crippen molar-refractivity contribution in [3.8, 4) is 0 Å². The van der Waals surface area contributed by atoms with Gasteiger partial charge in [0.05, 0.1) is 0 Å². The summed E-state index contributed by atoms with van der Waals surface area (Å²) < 4.78 is 0. The molecule has 0 bridgehead atoms. The van der Waals surface area contributed by atoms with Crippen LogP contribution < -0.4 is 5.32 Å². The molecule has 4 heteroatoms. The SMILES string of the molecule is C=CCN1C(=O)C(C)NC(=O)C1Cc1ccccc1. The molecule has 1 aliphatic rings. The molecule has 0 radical (unpaired) electrons. The summed E-state index contributed by atoms with van der Waals surface area (Å²) in [6.45, 7) is 5.76. The molecule has 1 aromatic carbocycles. The van der Waals surface area contributed by atoms with Crippen LogP contribution in [-0.2, 0) is 16.0 Å². The normalized spacial score (nSPS) is 23.1. The van der Waals surface area contributed by atoms with E-state index in [4.69, 9.17) is 0 Å². The van der Waals surface area contributed by atoms with Gasteiger partial charge in [0, 0.05) is 13.0 Å². The third kappa shape index (κ3) is 2.84. The Morgan fingerprint density at radius 3 is 2.63 bits per heavy atom. The molecule has 0 spiro atoms. The van der Waals surface area contributed by atoms with E-state index in [1.54, 1.807) is 17.9 Å². The van der Waals surface area contributed by atoms with Gasteiger partial charge in [0.1, 0.15) is 12.1 Å². The van der Waals surface area contributed by atoms with E-state index in [2.05, 4.69) is 11.9 Å². The Morgan fingerprint density at radius 2 is 2.00 bits per heavy atom. The van der Waals surface area contributed by atoms with E-state index >= 15 is 0 Å². The smallest absolute Gasteiger partial charge is 0.245 e. The fraction of sp³-hybridized carbons (Fsp3) is 0.333. The molecule has 2 unspecified atom stereocenters. The Labute approximate surface area is 113 Å². The lowest BCUT2D eigenvalue weighted by atomic mass is 10.00.